The van der Waals surface area contributed by atoms with Crippen molar-refractivity contribution in [1.82, 2.24) is 14.7 Å². The van der Waals surface area contributed by atoms with Gasteiger partial charge in [0, 0.05) is 32.4 Å². The monoisotopic (exact) mass is 304 g/mol. The fourth-order valence-corrected chi connectivity index (χ4v) is 3.39. The Morgan fingerprint density at radius 1 is 1.38 bits per heavy atom. The van der Waals surface area contributed by atoms with Gasteiger partial charge in [-0.2, -0.15) is 5.10 Å². The molecule has 5 heteroatoms. The third-order valence-corrected chi connectivity index (χ3v) is 4.69. The van der Waals surface area contributed by atoms with E-state index in [1.165, 1.54) is 11.1 Å². The molecule has 0 fully saturated rings. The van der Waals surface area contributed by atoms with Crippen molar-refractivity contribution in [2.24, 2.45) is 7.05 Å². The minimum absolute atomic E-state index is 0.818. The number of aryl methyl sites for hydroxylation is 2. The lowest BCUT2D eigenvalue weighted by molar-refractivity contribution is 0.239. The molecule has 21 heavy (non-hydrogen) atoms. The fraction of sp³-hybridized carbons (Fsp3) is 0.438. The minimum Gasteiger partial charge on any atom is -0.398 e. The maximum Gasteiger partial charge on any atom is 0.0863 e. The third kappa shape index (κ3) is 2.65. The van der Waals surface area contributed by atoms with Crippen LogP contribution < -0.4 is 5.73 Å². The van der Waals surface area contributed by atoms with E-state index >= 15 is 0 Å². The predicted octanol–water partition coefficient (Wildman–Crippen LogP) is 2.78. The van der Waals surface area contributed by atoms with Crippen LogP contribution in [0.4, 0.5) is 5.69 Å². The predicted molar refractivity (Wildman–Crippen MR) is 86.3 cm³/mol. The number of aromatic nitrogens is 2. The van der Waals surface area contributed by atoms with E-state index in [4.69, 9.17) is 17.3 Å². The summed E-state index contributed by atoms with van der Waals surface area (Å²) in [7, 11) is 1.97. The van der Waals surface area contributed by atoms with Crippen molar-refractivity contribution in [3.8, 4) is 0 Å². The van der Waals surface area contributed by atoms with Crippen LogP contribution in [-0.4, -0.2) is 21.2 Å². The van der Waals surface area contributed by atoms with Crippen molar-refractivity contribution in [2.75, 3.05) is 12.3 Å². The smallest absolute Gasteiger partial charge is 0.0863 e. The summed E-state index contributed by atoms with van der Waals surface area (Å²) < 4.78 is 1.91. The fourth-order valence-electron chi connectivity index (χ4n) is 3.04. The molecule has 0 amide bonds. The first kappa shape index (κ1) is 14.4. The Morgan fingerprint density at radius 3 is 2.90 bits per heavy atom. The Bertz CT molecular complexity index is 663. The SMILES string of the molecule is CCc1nn(C)c(CN2CCc3c(N)cccc3C2)c1Cl. The number of hydrogen-bond acceptors (Lipinski definition) is 3. The molecule has 0 spiro atoms. The summed E-state index contributed by atoms with van der Waals surface area (Å²) >= 11 is 6.44. The molecule has 0 bridgehead atoms. The Morgan fingerprint density at radius 2 is 2.19 bits per heavy atom. The molecule has 1 aromatic heterocycles. The molecular weight excluding hydrogens is 284 g/mol. The normalized spacial score (nSPS) is 15.2. The maximum absolute atomic E-state index is 6.44. The zero-order valence-electron chi connectivity index (χ0n) is 12.6. The zero-order chi connectivity index (χ0) is 15.0. The number of rotatable bonds is 3. The quantitative estimate of drug-likeness (QED) is 0.887. The van der Waals surface area contributed by atoms with Crippen LogP contribution in [0.15, 0.2) is 18.2 Å². The average molecular weight is 305 g/mol. The van der Waals surface area contributed by atoms with E-state index in [1.54, 1.807) is 0 Å². The summed E-state index contributed by atoms with van der Waals surface area (Å²) in [5.41, 5.74) is 11.7. The molecule has 2 aromatic rings. The van der Waals surface area contributed by atoms with Crippen LogP contribution in [0.3, 0.4) is 0 Å². The number of fused-ring (bicyclic) bond motifs is 1. The van der Waals surface area contributed by atoms with E-state index in [9.17, 15) is 0 Å². The molecule has 0 saturated carbocycles. The molecule has 3 rings (SSSR count). The summed E-state index contributed by atoms with van der Waals surface area (Å²) in [5, 5.41) is 5.31. The van der Waals surface area contributed by atoms with Gasteiger partial charge in [-0.1, -0.05) is 30.7 Å². The molecule has 0 unspecified atom stereocenters. The van der Waals surface area contributed by atoms with Gasteiger partial charge >= 0.3 is 0 Å². The summed E-state index contributed by atoms with van der Waals surface area (Å²) in [6.07, 6.45) is 1.87. The lowest BCUT2D eigenvalue weighted by Gasteiger charge is -2.29. The van der Waals surface area contributed by atoms with Gasteiger partial charge < -0.3 is 5.73 Å². The molecule has 2 heterocycles. The first-order chi connectivity index (χ1) is 10.1. The average Bonchev–Trinajstić information content (AvgIpc) is 2.75. The summed E-state index contributed by atoms with van der Waals surface area (Å²) in [5.74, 6) is 0. The van der Waals surface area contributed by atoms with Gasteiger partial charge in [0.2, 0.25) is 0 Å². The van der Waals surface area contributed by atoms with E-state index in [-0.39, 0.29) is 0 Å². The molecule has 1 aromatic carbocycles. The summed E-state index contributed by atoms with van der Waals surface area (Å²) in [6, 6.07) is 6.18. The lowest BCUT2D eigenvalue weighted by atomic mass is 9.98. The van der Waals surface area contributed by atoms with Crippen LogP contribution in [-0.2, 0) is 33.0 Å². The Labute approximate surface area is 130 Å². The van der Waals surface area contributed by atoms with Crippen molar-refractivity contribution in [2.45, 2.75) is 32.9 Å². The number of nitrogens with two attached hydrogens (primary N) is 1. The molecule has 2 N–H and O–H groups in total. The van der Waals surface area contributed by atoms with Crippen LogP contribution >= 0.6 is 11.6 Å². The minimum atomic E-state index is 0.818. The number of nitrogens with zero attached hydrogens (tertiary/aromatic N) is 3. The van der Waals surface area contributed by atoms with Crippen LogP contribution in [0.2, 0.25) is 5.02 Å². The lowest BCUT2D eigenvalue weighted by Crippen LogP contribution is -2.31. The number of hydrogen-bond donors (Lipinski definition) is 1. The van der Waals surface area contributed by atoms with E-state index in [1.807, 2.05) is 23.9 Å². The van der Waals surface area contributed by atoms with E-state index in [0.29, 0.717) is 0 Å². The van der Waals surface area contributed by atoms with Crippen LogP contribution in [0.25, 0.3) is 0 Å². The molecule has 1 aliphatic heterocycles. The Kier molecular flexibility index (Phi) is 3.91. The topological polar surface area (TPSA) is 47.1 Å². The Hall–Kier alpha value is -1.52. The van der Waals surface area contributed by atoms with Crippen LogP contribution in [0.1, 0.15) is 29.4 Å². The number of benzene rings is 1. The van der Waals surface area contributed by atoms with Crippen molar-refractivity contribution in [3.63, 3.8) is 0 Å². The second-order valence-corrected chi connectivity index (χ2v) is 6.01. The third-order valence-electron chi connectivity index (χ3n) is 4.26. The molecule has 0 radical (unpaired) electrons. The largest absolute Gasteiger partial charge is 0.398 e. The second kappa shape index (κ2) is 5.70. The van der Waals surface area contributed by atoms with E-state index in [2.05, 4.69) is 23.0 Å². The van der Waals surface area contributed by atoms with Crippen molar-refractivity contribution >= 4 is 17.3 Å². The van der Waals surface area contributed by atoms with E-state index < -0.39 is 0 Å². The summed E-state index contributed by atoms with van der Waals surface area (Å²) in [4.78, 5) is 2.41. The first-order valence-electron chi connectivity index (χ1n) is 7.39. The van der Waals surface area contributed by atoms with Gasteiger partial charge in [-0.15, -0.1) is 0 Å². The molecule has 0 aliphatic carbocycles. The van der Waals surface area contributed by atoms with Gasteiger partial charge in [-0.25, -0.2) is 0 Å². The maximum atomic E-state index is 6.44. The van der Waals surface area contributed by atoms with E-state index in [0.717, 1.165) is 54.6 Å². The van der Waals surface area contributed by atoms with Gasteiger partial charge in [0.1, 0.15) is 0 Å². The molecule has 112 valence electrons. The first-order valence-corrected chi connectivity index (χ1v) is 7.76. The highest BCUT2D eigenvalue weighted by atomic mass is 35.5. The molecule has 0 atom stereocenters. The number of nitrogen functional groups attached to an aromatic ring is 1. The highest BCUT2D eigenvalue weighted by molar-refractivity contribution is 6.31. The van der Waals surface area contributed by atoms with Gasteiger partial charge in [-0.05, 0) is 30.0 Å². The van der Waals surface area contributed by atoms with Crippen molar-refractivity contribution in [3.05, 3.63) is 45.7 Å². The molecule has 0 saturated heterocycles. The van der Waals surface area contributed by atoms with Gasteiger partial charge in [0.25, 0.3) is 0 Å². The van der Waals surface area contributed by atoms with Gasteiger partial charge in [-0.3, -0.25) is 9.58 Å². The molecular formula is C16H21ClN4. The Balaban J connectivity index is 1.80. The molecule has 4 nitrogen and oxygen atoms in total. The van der Waals surface area contributed by atoms with Gasteiger partial charge in [0.15, 0.2) is 0 Å². The highest BCUT2D eigenvalue weighted by Gasteiger charge is 2.21. The standard InChI is InChI=1S/C16H21ClN4/c1-3-14-16(17)15(20(2)19-14)10-21-8-7-12-11(9-21)5-4-6-13(12)18/h4-6H,3,7-10,18H2,1-2H3. The zero-order valence-corrected chi connectivity index (χ0v) is 13.3. The van der Waals surface area contributed by atoms with Crippen LogP contribution in [0, 0.1) is 0 Å². The molecule has 1 aliphatic rings. The van der Waals surface area contributed by atoms with Gasteiger partial charge in [0.05, 0.1) is 16.4 Å². The second-order valence-electron chi connectivity index (χ2n) is 5.63. The van der Waals surface area contributed by atoms with Crippen molar-refractivity contribution < 1.29 is 0 Å². The van der Waals surface area contributed by atoms with Crippen LogP contribution in [0.5, 0.6) is 0 Å². The number of halogens is 1. The summed E-state index contributed by atoms with van der Waals surface area (Å²) in [6.45, 7) is 4.84. The number of anilines is 1. The highest BCUT2D eigenvalue weighted by Crippen LogP contribution is 2.27. The van der Waals surface area contributed by atoms with Crippen molar-refractivity contribution in [1.29, 1.82) is 0 Å².